The Morgan fingerprint density at radius 3 is 1.00 bits per heavy atom. The predicted octanol–water partition coefficient (Wildman–Crippen LogP) is 21.6. The van der Waals surface area contributed by atoms with Gasteiger partial charge in [0.1, 0.15) is 6.29 Å². The molecule has 0 heterocycles. The molecule has 0 radical (unpaired) electrons. The molecule has 0 aromatic rings. The molecule has 0 saturated heterocycles. The fraction of sp³-hybridized carbons (Fsp3) is 0.906. The number of rotatable bonds is 52. The van der Waals surface area contributed by atoms with Gasteiger partial charge < -0.3 is 14.2 Å². The molecule has 0 rings (SSSR count). The number of allylic oxidation sites excluding steroid dienone is 3. The lowest BCUT2D eigenvalue weighted by Gasteiger charge is -2.25. The van der Waals surface area contributed by atoms with Gasteiger partial charge in [0, 0.05) is 0 Å². The summed E-state index contributed by atoms with van der Waals surface area (Å²) < 4.78 is 17.4. The summed E-state index contributed by atoms with van der Waals surface area (Å²) in [5.41, 5.74) is 2.47. The fourth-order valence-electron chi connectivity index (χ4n) is 8.26. The Morgan fingerprint density at radius 2 is 0.667 bits per heavy atom. The lowest BCUT2D eigenvalue weighted by Crippen LogP contribution is -2.25. The first-order chi connectivity index (χ1) is 33.7. The molecule has 0 aromatic carbocycles. The van der Waals surface area contributed by atoms with E-state index in [9.17, 15) is 9.59 Å². The second-order valence-corrected chi connectivity index (χ2v) is 21.3. The van der Waals surface area contributed by atoms with Crippen LogP contribution in [-0.2, 0) is 23.8 Å². The molecule has 0 fully saturated rings. The topological polar surface area (TPSA) is 61.8 Å². The Bertz CT molecular complexity index is 1020. The average molecular weight is 976 g/mol. The smallest absolute Gasteiger partial charge is 0.293 e. The molecule has 0 bridgehead atoms. The van der Waals surface area contributed by atoms with Gasteiger partial charge in [-0.1, -0.05) is 293 Å². The maximum Gasteiger partial charge on any atom is 0.293 e. The zero-order valence-corrected chi connectivity index (χ0v) is 48.8. The summed E-state index contributed by atoms with van der Waals surface area (Å²) in [7, 11) is 0. The first kappa shape index (κ1) is 71.8. The van der Waals surface area contributed by atoms with Gasteiger partial charge in [0.2, 0.25) is 0 Å². The molecule has 0 aliphatic carbocycles. The van der Waals surface area contributed by atoms with Crippen LogP contribution in [-0.4, -0.2) is 38.9 Å². The highest BCUT2D eigenvalue weighted by atomic mass is 16.7. The number of ether oxygens (including phenoxy) is 3. The minimum Gasteiger partial charge on any atom is -0.468 e. The molecule has 0 aromatic heterocycles. The fourth-order valence-corrected chi connectivity index (χ4v) is 8.26. The van der Waals surface area contributed by atoms with E-state index >= 15 is 0 Å². The number of hydrogen-bond acceptors (Lipinski definition) is 5. The second kappa shape index (κ2) is 62.7. The Labute approximate surface area is 434 Å². The van der Waals surface area contributed by atoms with Crippen LogP contribution in [0, 0.1) is 17.8 Å². The summed E-state index contributed by atoms with van der Waals surface area (Å²) in [6.07, 6.45) is 59.9. The summed E-state index contributed by atoms with van der Waals surface area (Å²) in [5, 5.41) is 0. The van der Waals surface area contributed by atoms with E-state index in [1.165, 1.54) is 230 Å². The van der Waals surface area contributed by atoms with E-state index in [2.05, 4.69) is 79.2 Å². The van der Waals surface area contributed by atoms with Crippen LogP contribution in [0.2, 0.25) is 0 Å². The van der Waals surface area contributed by atoms with E-state index in [1.807, 2.05) is 6.92 Å². The van der Waals surface area contributed by atoms with E-state index in [0.717, 1.165) is 63.6 Å². The molecule has 0 N–H and O–H groups in total. The van der Waals surface area contributed by atoms with Crippen molar-refractivity contribution < 1.29 is 23.8 Å². The minimum absolute atomic E-state index is 0.142. The number of carbonyl (C=O) groups excluding carboxylic acids is 2. The van der Waals surface area contributed by atoms with Crippen molar-refractivity contribution in [2.24, 2.45) is 17.8 Å². The molecule has 69 heavy (non-hydrogen) atoms. The van der Waals surface area contributed by atoms with Crippen LogP contribution in [0.15, 0.2) is 23.3 Å². The Morgan fingerprint density at radius 1 is 0.362 bits per heavy atom. The second-order valence-electron chi connectivity index (χ2n) is 21.3. The van der Waals surface area contributed by atoms with Crippen LogP contribution in [0.4, 0.5) is 0 Å². The van der Waals surface area contributed by atoms with Gasteiger partial charge in [-0.2, -0.15) is 0 Å². The molecule has 5 heteroatoms. The minimum atomic E-state index is -0.142. The van der Waals surface area contributed by atoms with Crippen molar-refractivity contribution in [2.45, 2.75) is 339 Å². The van der Waals surface area contributed by atoms with Crippen molar-refractivity contribution in [1.82, 2.24) is 0 Å². The van der Waals surface area contributed by atoms with Gasteiger partial charge in [0.15, 0.2) is 6.29 Å². The van der Waals surface area contributed by atoms with Crippen molar-refractivity contribution in [2.75, 3.05) is 19.8 Å². The number of unbranched alkanes of at least 4 members (excludes halogenated alkanes) is 32. The standard InChI is InChI=1S/C34H68O2.C24H46O.C6H12O2/c1-7-11-13-15-17-19-20-22-24-26-28-33(27-25-23-21-18-16-14-12-8-2)34(35-29-31(5)9-3)36-30-32(6)10-4;1-3-5-7-9-11-13-14-16-18-20-22-24(23-25)21-19-17-15-12-10-8-6-4-2;1-3-6(2)4-8-5-7/h28,31-32,34H,7-27,29-30H2,1-6H3;22-23H,3-21H2,1-2H3;5-6H,3-4H2,1-2H3/b33-28+;24-22+;. The van der Waals surface area contributed by atoms with Gasteiger partial charge in [-0.25, -0.2) is 0 Å². The Kier molecular flexibility index (Phi) is 65.2. The molecule has 5 nitrogen and oxygen atoms in total. The zero-order valence-electron chi connectivity index (χ0n) is 48.8. The average Bonchev–Trinajstić information content (AvgIpc) is 3.37. The van der Waals surface area contributed by atoms with Crippen LogP contribution in [0.1, 0.15) is 332 Å². The Balaban J connectivity index is -0.00000114. The normalized spacial score (nSPS) is 13.5. The number of carbonyl (C=O) groups is 2. The van der Waals surface area contributed by atoms with Crippen LogP contribution in [0.3, 0.4) is 0 Å². The maximum atomic E-state index is 11.2. The first-order valence-corrected chi connectivity index (χ1v) is 30.9. The van der Waals surface area contributed by atoms with Crippen molar-refractivity contribution >= 4 is 12.8 Å². The van der Waals surface area contributed by atoms with Crippen molar-refractivity contribution in [3.05, 3.63) is 23.3 Å². The molecule has 0 saturated carbocycles. The zero-order chi connectivity index (χ0) is 51.5. The molecule has 0 aliphatic heterocycles. The van der Waals surface area contributed by atoms with Gasteiger partial charge in [-0.3, -0.25) is 9.59 Å². The number of hydrogen-bond donors (Lipinski definition) is 0. The highest BCUT2D eigenvalue weighted by Crippen LogP contribution is 2.23. The highest BCUT2D eigenvalue weighted by Gasteiger charge is 2.18. The lowest BCUT2D eigenvalue weighted by molar-refractivity contribution is -0.134. The highest BCUT2D eigenvalue weighted by molar-refractivity contribution is 5.72. The van der Waals surface area contributed by atoms with Crippen LogP contribution in [0.5, 0.6) is 0 Å². The molecule has 0 amide bonds. The molecule has 3 unspecified atom stereocenters. The van der Waals surface area contributed by atoms with E-state index in [4.69, 9.17) is 9.47 Å². The largest absolute Gasteiger partial charge is 0.468 e. The molecular weight excluding hydrogens is 849 g/mol. The van der Waals surface area contributed by atoms with Gasteiger partial charge in [0.25, 0.3) is 6.47 Å². The summed E-state index contributed by atoms with van der Waals surface area (Å²) in [6, 6.07) is 0. The SMILES string of the molecule is CCC(C)COC=O.CCCCCCCCCCC/C=C(/C=O)CCCCCCCCCC.CCCCCCCCCCC/C=C(\CCCCCCCCCC)C(OCC(C)CC)OCC(C)CC. The van der Waals surface area contributed by atoms with E-state index in [-0.39, 0.29) is 6.29 Å². The number of aldehydes is 1. The monoisotopic (exact) mass is 975 g/mol. The van der Waals surface area contributed by atoms with Crippen LogP contribution in [0.25, 0.3) is 0 Å². The van der Waals surface area contributed by atoms with E-state index in [0.29, 0.717) is 30.8 Å². The van der Waals surface area contributed by atoms with Crippen LogP contribution < -0.4 is 0 Å². The molecular formula is C64H126O5. The third-order valence-corrected chi connectivity index (χ3v) is 14.1. The molecule has 0 spiro atoms. The van der Waals surface area contributed by atoms with Gasteiger partial charge in [-0.05, 0) is 80.3 Å². The summed E-state index contributed by atoms with van der Waals surface area (Å²) in [5.74, 6) is 1.67. The van der Waals surface area contributed by atoms with Crippen molar-refractivity contribution in [1.29, 1.82) is 0 Å². The van der Waals surface area contributed by atoms with Crippen molar-refractivity contribution in [3.8, 4) is 0 Å². The summed E-state index contributed by atoms with van der Waals surface area (Å²) >= 11 is 0. The summed E-state index contributed by atoms with van der Waals surface area (Å²) in [4.78, 5) is 20.8. The quantitative estimate of drug-likeness (QED) is 0.0200. The third-order valence-electron chi connectivity index (χ3n) is 14.1. The maximum absolute atomic E-state index is 11.2. The van der Waals surface area contributed by atoms with Crippen molar-refractivity contribution in [3.63, 3.8) is 0 Å². The Hall–Kier alpha value is -1.46. The molecule has 3 atom stereocenters. The third kappa shape index (κ3) is 59.0. The van der Waals surface area contributed by atoms with E-state index in [1.54, 1.807) is 0 Å². The van der Waals surface area contributed by atoms with E-state index < -0.39 is 0 Å². The van der Waals surface area contributed by atoms with Crippen LogP contribution >= 0.6 is 0 Å². The lowest BCUT2D eigenvalue weighted by atomic mass is 10.0. The first-order valence-electron chi connectivity index (χ1n) is 30.9. The molecule has 0 aliphatic rings. The molecule has 412 valence electrons. The summed E-state index contributed by atoms with van der Waals surface area (Å²) in [6.45, 7) is 25.0. The van der Waals surface area contributed by atoms with Gasteiger partial charge in [0.05, 0.1) is 19.8 Å². The van der Waals surface area contributed by atoms with Gasteiger partial charge in [-0.15, -0.1) is 0 Å². The predicted molar refractivity (Wildman–Crippen MR) is 306 cm³/mol. The van der Waals surface area contributed by atoms with Gasteiger partial charge >= 0.3 is 0 Å².